The molecule has 2 rings (SSSR count). The summed E-state index contributed by atoms with van der Waals surface area (Å²) in [5, 5.41) is 0. The third kappa shape index (κ3) is 2.36. The first-order valence-electron chi connectivity index (χ1n) is 6.75. The molecule has 3 heteroatoms. The molecule has 0 aliphatic heterocycles. The smallest absolute Gasteiger partial charge is 0.306 e. The molecule has 2 bridgehead atoms. The third-order valence-electron chi connectivity index (χ3n) is 4.51. The van der Waals surface area contributed by atoms with E-state index >= 15 is 0 Å². The zero-order valence-corrected chi connectivity index (χ0v) is 11.6. The Morgan fingerprint density at radius 1 is 1.44 bits per heavy atom. The number of rotatable bonds is 4. The molecule has 0 radical (unpaired) electrons. The van der Waals surface area contributed by atoms with Gasteiger partial charge in [-0.15, -0.1) is 0 Å². The Bertz CT molecular complexity index is 393. The fraction of sp³-hybridized carbons (Fsp3) is 0.733. The van der Waals surface area contributed by atoms with Gasteiger partial charge in [0.15, 0.2) is 0 Å². The van der Waals surface area contributed by atoms with E-state index < -0.39 is 5.60 Å². The van der Waals surface area contributed by atoms with E-state index in [9.17, 15) is 9.59 Å². The van der Waals surface area contributed by atoms with Gasteiger partial charge in [-0.05, 0) is 32.1 Å². The minimum Gasteiger partial charge on any atom is -0.459 e. The van der Waals surface area contributed by atoms with Gasteiger partial charge in [0.25, 0.3) is 0 Å². The van der Waals surface area contributed by atoms with E-state index in [1.54, 1.807) is 0 Å². The lowest BCUT2D eigenvalue weighted by Crippen LogP contribution is -2.34. The molecular formula is C15H22O3. The van der Waals surface area contributed by atoms with Gasteiger partial charge >= 0.3 is 5.97 Å². The second kappa shape index (κ2) is 4.52. The normalized spacial score (nSPS) is 30.3. The van der Waals surface area contributed by atoms with Gasteiger partial charge in [0, 0.05) is 18.3 Å². The van der Waals surface area contributed by atoms with Crippen molar-refractivity contribution in [3.05, 3.63) is 12.2 Å². The molecule has 18 heavy (non-hydrogen) atoms. The Morgan fingerprint density at radius 2 is 2.11 bits per heavy atom. The monoisotopic (exact) mass is 250 g/mol. The van der Waals surface area contributed by atoms with Crippen LogP contribution in [0, 0.1) is 23.7 Å². The van der Waals surface area contributed by atoms with Gasteiger partial charge in [0.1, 0.15) is 11.4 Å². The van der Waals surface area contributed by atoms with E-state index in [4.69, 9.17) is 4.74 Å². The molecule has 0 aromatic heterocycles. The zero-order valence-electron chi connectivity index (χ0n) is 11.6. The van der Waals surface area contributed by atoms with Crippen LogP contribution in [-0.4, -0.2) is 17.4 Å². The molecule has 1 saturated carbocycles. The minimum atomic E-state index is -0.436. The summed E-state index contributed by atoms with van der Waals surface area (Å²) in [6.45, 7) is 7.94. The van der Waals surface area contributed by atoms with Gasteiger partial charge < -0.3 is 4.74 Å². The number of Topliss-reactive ketones (excluding diaryl/α,β-unsaturated/α-hetero) is 1. The summed E-state index contributed by atoms with van der Waals surface area (Å²) < 4.78 is 5.53. The van der Waals surface area contributed by atoms with Crippen LogP contribution in [0.25, 0.3) is 0 Å². The summed E-state index contributed by atoms with van der Waals surface area (Å²) in [5.74, 6) is 0.574. The molecule has 2 aliphatic rings. The zero-order chi connectivity index (χ0) is 13.5. The first kappa shape index (κ1) is 13.3. The Balaban J connectivity index is 1.90. The van der Waals surface area contributed by atoms with Gasteiger partial charge in [-0.1, -0.05) is 26.0 Å². The summed E-state index contributed by atoms with van der Waals surface area (Å²) in [5.41, 5.74) is -0.436. The molecule has 0 aromatic carbocycles. The van der Waals surface area contributed by atoms with Crippen LogP contribution in [0.1, 0.15) is 40.5 Å². The fourth-order valence-corrected chi connectivity index (χ4v) is 2.62. The number of carbonyl (C=O) groups excluding carboxylic acids is 2. The maximum absolute atomic E-state index is 11.9. The number of hydrogen-bond acceptors (Lipinski definition) is 3. The van der Waals surface area contributed by atoms with Gasteiger partial charge in [-0.25, -0.2) is 0 Å². The maximum atomic E-state index is 11.9. The third-order valence-corrected chi connectivity index (χ3v) is 4.51. The number of hydrogen-bond donors (Lipinski definition) is 0. The van der Waals surface area contributed by atoms with Crippen molar-refractivity contribution in [1.82, 2.24) is 0 Å². The van der Waals surface area contributed by atoms with Gasteiger partial charge in [-0.3, -0.25) is 9.59 Å². The highest BCUT2D eigenvalue weighted by Crippen LogP contribution is 2.42. The summed E-state index contributed by atoms with van der Waals surface area (Å²) in [4.78, 5) is 23.7. The molecule has 100 valence electrons. The van der Waals surface area contributed by atoms with Crippen LogP contribution < -0.4 is 0 Å². The number of fused-ring (bicyclic) bond motifs is 2. The number of ether oxygens (including phenoxy) is 1. The lowest BCUT2D eigenvalue weighted by atomic mass is 9.90. The predicted octanol–water partition coefficient (Wildman–Crippen LogP) is 2.75. The standard InChI is InChI=1S/C15H22O3/c1-9(2)15(3,4)18-13(16)8-11-7-10-5-6-12(11)14(10)17/h5-6,9-12H,7-8H2,1-4H3. The summed E-state index contributed by atoms with van der Waals surface area (Å²) in [7, 11) is 0. The van der Waals surface area contributed by atoms with Crippen molar-refractivity contribution in [2.45, 2.75) is 46.1 Å². The van der Waals surface area contributed by atoms with Crippen molar-refractivity contribution in [3.8, 4) is 0 Å². The van der Waals surface area contributed by atoms with Crippen LogP contribution in [0.2, 0.25) is 0 Å². The molecule has 2 aliphatic carbocycles. The highest BCUT2D eigenvalue weighted by molar-refractivity contribution is 5.92. The molecule has 0 heterocycles. The summed E-state index contributed by atoms with van der Waals surface area (Å²) in [6, 6.07) is 0. The molecule has 0 N–H and O–H groups in total. The average Bonchev–Trinajstić information content (AvgIpc) is 2.72. The van der Waals surface area contributed by atoms with Crippen LogP contribution in [0.15, 0.2) is 12.2 Å². The van der Waals surface area contributed by atoms with Crippen LogP contribution >= 0.6 is 0 Å². The van der Waals surface area contributed by atoms with Crippen LogP contribution in [0.3, 0.4) is 0 Å². The van der Waals surface area contributed by atoms with E-state index in [-0.39, 0.29) is 35.4 Å². The van der Waals surface area contributed by atoms with Gasteiger partial charge in [0.05, 0.1) is 0 Å². The van der Waals surface area contributed by atoms with Crippen molar-refractivity contribution in [2.75, 3.05) is 0 Å². The predicted molar refractivity (Wildman–Crippen MR) is 68.9 cm³/mol. The second-order valence-electron chi connectivity index (χ2n) is 6.35. The molecule has 3 nitrogen and oxygen atoms in total. The fourth-order valence-electron chi connectivity index (χ4n) is 2.62. The van der Waals surface area contributed by atoms with E-state index in [0.717, 1.165) is 6.42 Å². The highest BCUT2D eigenvalue weighted by Gasteiger charge is 2.44. The van der Waals surface area contributed by atoms with Crippen molar-refractivity contribution >= 4 is 11.8 Å². The number of esters is 1. The average molecular weight is 250 g/mol. The van der Waals surface area contributed by atoms with Crippen LogP contribution in [0.4, 0.5) is 0 Å². The minimum absolute atomic E-state index is 0.0373. The highest BCUT2D eigenvalue weighted by atomic mass is 16.6. The summed E-state index contributed by atoms with van der Waals surface area (Å²) in [6.07, 6.45) is 5.12. The summed E-state index contributed by atoms with van der Waals surface area (Å²) >= 11 is 0. The van der Waals surface area contributed by atoms with Crippen LogP contribution in [-0.2, 0) is 14.3 Å². The molecule has 0 aromatic rings. The van der Waals surface area contributed by atoms with E-state index in [2.05, 4.69) is 0 Å². The number of carbonyl (C=O) groups is 2. The van der Waals surface area contributed by atoms with Crippen molar-refractivity contribution in [3.63, 3.8) is 0 Å². The SMILES string of the molecule is CC(C)C(C)(C)OC(=O)CC1CC2C=CC1C2=O. The van der Waals surface area contributed by atoms with E-state index in [1.807, 2.05) is 39.8 Å². The molecule has 0 amide bonds. The molecule has 3 unspecified atom stereocenters. The second-order valence-corrected chi connectivity index (χ2v) is 6.35. The van der Waals surface area contributed by atoms with Gasteiger partial charge in [-0.2, -0.15) is 0 Å². The quantitative estimate of drug-likeness (QED) is 0.569. The Kier molecular flexibility index (Phi) is 3.35. The van der Waals surface area contributed by atoms with Crippen molar-refractivity contribution in [1.29, 1.82) is 0 Å². The van der Waals surface area contributed by atoms with Crippen molar-refractivity contribution < 1.29 is 14.3 Å². The Morgan fingerprint density at radius 3 is 2.56 bits per heavy atom. The lowest BCUT2D eigenvalue weighted by molar-refractivity contribution is -0.161. The molecule has 1 fully saturated rings. The maximum Gasteiger partial charge on any atom is 0.306 e. The van der Waals surface area contributed by atoms with E-state index in [0.29, 0.717) is 6.42 Å². The topological polar surface area (TPSA) is 43.4 Å². The van der Waals surface area contributed by atoms with Gasteiger partial charge in [0.2, 0.25) is 0 Å². The van der Waals surface area contributed by atoms with Crippen molar-refractivity contribution in [2.24, 2.45) is 23.7 Å². The first-order chi connectivity index (χ1) is 8.31. The number of ketones is 1. The molecular weight excluding hydrogens is 228 g/mol. The first-order valence-corrected chi connectivity index (χ1v) is 6.75. The Hall–Kier alpha value is -1.12. The molecule has 3 atom stereocenters. The molecule has 0 saturated heterocycles. The van der Waals surface area contributed by atoms with Crippen LogP contribution in [0.5, 0.6) is 0 Å². The number of allylic oxidation sites excluding steroid dienone is 2. The van der Waals surface area contributed by atoms with E-state index in [1.165, 1.54) is 0 Å². The Labute approximate surface area is 109 Å². The lowest BCUT2D eigenvalue weighted by Gasteiger charge is -2.30. The molecule has 0 spiro atoms. The largest absolute Gasteiger partial charge is 0.459 e.